The van der Waals surface area contributed by atoms with Gasteiger partial charge in [-0.2, -0.15) is 40.1 Å². The Labute approximate surface area is 712 Å². The molecule has 0 amide bonds. The summed E-state index contributed by atoms with van der Waals surface area (Å²) in [5.74, 6) is 4.98. The van der Waals surface area contributed by atoms with E-state index in [1.165, 1.54) is 55.8 Å². The lowest BCUT2D eigenvalue weighted by molar-refractivity contribution is 0.428. The molecule has 0 atom stereocenters. The van der Waals surface area contributed by atoms with Crippen LogP contribution >= 0.6 is 57.7 Å². The SMILES string of the molecule is CCc1ccc(-c2nc(Cl)nc(-c3cccc(C#N)c3)n2)cc1.Clc1nc(-c2ccc3oc4ccccc4c3c2)nc(C2CCCCC2)n1.Clc1nc(-c2cccc(-c3ccc4c(c3)sc3ccccc34)c2)nc(-c2cccc3oc4ccccc4c23)n1.Clc1nc(-c2ccccc2)nc(-c2cccc(-n3c4ccccc4c4ccccc43)c2)n1. The molecule has 1 aliphatic carbocycles. The van der Waals surface area contributed by atoms with Gasteiger partial charge >= 0.3 is 0 Å². The maximum Gasteiger partial charge on any atom is 0.226 e. The quantitative estimate of drug-likeness (QED) is 0.118. The van der Waals surface area contributed by atoms with Crippen LogP contribution in [-0.4, -0.2) is 64.4 Å². The van der Waals surface area contributed by atoms with Gasteiger partial charge in [0.15, 0.2) is 40.8 Å². The summed E-state index contributed by atoms with van der Waals surface area (Å²) < 4.78 is 16.8. The number of furan rings is 2. The Bertz CT molecular complexity index is 7460. The average Bonchev–Trinajstić information content (AvgIpc) is 1.60. The molecule has 22 rings (SSSR count). The van der Waals surface area contributed by atoms with Gasteiger partial charge in [0, 0.05) is 103 Å². The molecule has 0 aliphatic heterocycles. The first-order valence-corrected chi connectivity index (χ1v) is 41.5. The van der Waals surface area contributed by atoms with Crippen LogP contribution in [0.3, 0.4) is 0 Å². The molecule has 16 nitrogen and oxygen atoms in total. The van der Waals surface area contributed by atoms with E-state index in [1.54, 1.807) is 18.2 Å². The number of hydrogen-bond donors (Lipinski definition) is 0. The smallest absolute Gasteiger partial charge is 0.226 e. The summed E-state index contributed by atoms with van der Waals surface area (Å²) >= 11 is 26.8. The number of aromatic nitrogens is 13. The fourth-order valence-electron chi connectivity index (χ4n) is 15.6. The molecule has 1 aliphatic rings. The van der Waals surface area contributed by atoms with Crippen LogP contribution in [0.5, 0.6) is 0 Å². The molecule has 578 valence electrons. The molecule has 13 aromatic carbocycles. The summed E-state index contributed by atoms with van der Waals surface area (Å²) in [5.41, 5.74) is 16.8. The summed E-state index contributed by atoms with van der Waals surface area (Å²) in [5, 5.41) is 18.9. The largest absolute Gasteiger partial charge is 0.456 e. The van der Waals surface area contributed by atoms with Gasteiger partial charge in [0.2, 0.25) is 21.1 Å². The lowest BCUT2D eigenvalue weighted by Gasteiger charge is -2.20. The normalized spacial score (nSPS) is 12.2. The molecule has 21 aromatic rings. The zero-order valence-electron chi connectivity index (χ0n) is 64.2. The molecular formula is C99H66Cl4N14O2S. The first kappa shape index (κ1) is 76.2. The Morgan fingerprint density at radius 2 is 0.800 bits per heavy atom. The highest BCUT2D eigenvalue weighted by molar-refractivity contribution is 7.25. The van der Waals surface area contributed by atoms with Crippen molar-refractivity contribution in [2.24, 2.45) is 0 Å². The van der Waals surface area contributed by atoms with Gasteiger partial charge in [-0.3, -0.25) is 0 Å². The summed E-state index contributed by atoms with van der Waals surface area (Å²) in [6.45, 7) is 2.11. The molecule has 0 radical (unpaired) electrons. The molecule has 0 saturated heterocycles. The van der Waals surface area contributed by atoms with Crippen LogP contribution in [0.1, 0.15) is 61.9 Å². The maximum absolute atomic E-state index is 9.02. The number of nitrogens with zero attached hydrogens (tertiary/aromatic N) is 14. The number of halogens is 4. The van der Waals surface area contributed by atoms with Crippen molar-refractivity contribution in [3.05, 3.63) is 341 Å². The van der Waals surface area contributed by atoms with Gasteiger partial charge in [0.1, 0.15) is 28.2 Å². The van der Waals surface area contributed by atoms with Crippen molar-refractivity contribution in [1.82, 2.24) is 64.4 Å². The minimum absolute atomic E-state index is 0.131. The molecule has 0 bridgehead atoms. The lowest BCUT2D eigenvalue weighted by Crippen LogP contribution is -2.10. The summed E-state index contributed by atoms with van der Waals surface area (Å²) in [7, 11) is 0. The number of aryl methyl sites for hydroxylation is 1. The van der Waals surface area contributed by atoms with E-state index in [0.717, 1.165) is 136 Å². The average molecular weight is 1660 g/mol. The third-order valence-corrected chi connectivity index (χ3v) is 23.2. The van der Waals surface area contributed by atoms with Gasteiger partial charge in [-0.25, -0.2) is 24.9 Å². The van der Waals surface area contributed by atoms with Crippen LogP contribution in [0.2, 0.25) is 21.1 Å². The third kappa shape index (κ3) is 15.8. The van der Waals surface area contributed by atoms with E-state index in [4.69, 9.17) is 75.5 Å². The third-order valence-electron chi connectivity index (χ3n) is 21.4. The number of fused-ring (bicyclic) bond motifs is 12. The first-order valence-electron chi connectivity index (χ1n) is 39.2. The van der Waals surface area contributed by atoms with Crippen LogP contribution < -0.4 is 0 Å². The van der Waals surface area contributed by atoms with Gasteiger partial charge in [0.25, 0.3) is 0 Å². The Morgan fingerprint density at radius 1 is 0.342 bits per heavy atom. The Hall–Kier alpha value is -13.8. The van der Waals surface area contributed by atoms with Crippen molar-refractivity contribution in [1.29, 1.82) is 5.26 Å². The van der Waals surface area contributed by atoms with Crippen molar-refractivity contribution >= 4 is 144 Å². The van der Waals surface area contributed by atoms with Gasteiger partial charge < -0.3 is 13.4 Å². The first-order chi connectivity index (χ1) is 59.0. The predicted octanol–water partition coefficient (Wildman–Crippen LogP) is 27.2. The molecule has 8 heterocycles. The van der Waals surface area contributed by atoms with Crippen LogP contribution in [0, 0.1) is 11.3 Å². The predicted molar refractivity (Wildman–Crippen MR) is 485 cm³/mol. The van der Waals surface area contributed by atoms with Crippen LogP contribution in [0.4, 0.5) is 0 Å². The molecule has 21 heteroatoms. The zero-order chi connectivity index (χ0) is 81.2. The van der Waals surface area contributed by atoms with E-state index in [-0.39, 0.29) is 21.1 Å². The summed E-state index contributed by atoms with van der Waals surface area (Å²) in [6.07, 6.45) is 7.00. The van der Waals surface area contributed by atoms with Crippen LogP contribution in [0.25, 0.3) is 182 Å². The maximum atomic E-state index is 9.02. The summed E-state index contributed by atoms with van der Waals surface area (Å²) in [6, 6.07) is 104. The number of para-hydroxylation sites is 4. The molecule has 0 N–H and O–H groups in total. The number of rotatable bonds is 11. The van der Waals surface area contributed by atoms with Crippen LogP contribution in [0.15, 0.2) is 312 Å². The molecule has 0 spiro atoms. The monoisotopic (exact) mass is 1650 g/mol. The van der Waals surface area contributed by atoms with E-state index in [2.05, 4.69) is 190 Å². The minimum Gasteiger partial charge on any atom is -0.456 e. The Morgan fingerprint density at radius 3 is 1.48 bits per heavy atom. The van der Waals surface area contributed by atoms with Crippen molar-refractivity contribution in [2.75, 3.05) is 0 Å². The standard InChI is InChI=1S/C33H18ClN3OS.C27H17ClN4.C21H18ClN3O.C18H13ClN4/c34-33-36-31(35-32(37-33)25-11-6-13-27-30(25)24-10-1-3-12-26(24)38-27)21-8-5-7-19(17-21)20-15-16-23-22-9-2-4-14-28(22)39-29(23)18-20;28-27-30-25(18-9-2-1-3-10-18)29-26(31-27)19-11-8-12-20(17-19)32-23-15-6-4-13-21(23)22-14-5-7-16-24(22)32;22-21-24-19(13-6-2-1-3-7-13)23-20(25-21)14-10-11-18-16(12-14)15-8-4-5-9-17(15)26-18;1-2-12-6-8-14(9-7-12)16-21-17(23-18(19)22-16)15-5-3-4-13(10-15)11-20/h1-18H;1-17H;4-5,8-13H,1-3,6-7H2;3-10H,2H2,1H3. The highest BCUT2D eigenvalue weighted by Gasteiger charge is 2.23. The fraction of sp³-hybridized carbons (Fsp3) is 0.0808. The number of hydrogen-bond acceptors (Lipinski definition) is 16. The second-order valence-corrected chi connectivity index (χ2v) is 31.3. The molecule has 120 heavy (non-hydrogen) atoms. The number of thiophene rings is 1. The van der Waals surface area contributed by atoms with Crippen molar-refractivity contribution in [3.8, 4) is 103 Å². The van der Waals surface area contributed by atoms with E-state index in [0.29, 0.717) is 52.3 Å². The van der Waals surface area contributed by atoms with Crippen molar-refractivity contribution in [3.63, 3.8) is 0 Å². The zero-order valence-corrected chi connectivity index (χ0v) is 68.0. The van der Waals surface area contributed by atoms with E-state index in [1.807, 2.05) is 169 Å². The van der Waals surface area contributed by atoms with E-state index in [9.17, 15) is 0 Å². The highest BCUT2D eigenvalue weighted by Crippen LogP contribution is 2.42. The minimum atomic E-state index is 0.131. The summed E-state index contributed by atoms with van der Waals surface area (Å²) in [4.78, 5) is 53.7. The highest BCUT2D eigenvalue weighted by atomic mass is 35.5. The second-order valence-electron chi connectivity index (χ2n) is 28.9. The molecular weight excluding hydrogens is 1590 g/mol. The van der Waals surface area contributed by atoms with Gasteiger partial charge in [-0.1, -0.05) is 239 Å². The fourth-order valence-corrected chi connectivity index (χ4v) is 17.4. The number of nitriles is 1. The Kier molecular flexibility index (Phi) is 21.4. The van der Waals surface area contributed by atoms with Gasteiger partial charge in [0.05, 0.1) is 22.7 Å². The topological polar surface area (TPSA) is 210 Å². The molecule has 1 fully saturated rings. The van der Waals surface area contributed by atoms with Crippen LogP contribution in [-0.2, 0) is 6.42 Å². The molecule has 0 unspecified atom stereocenters. The van der Waals surface area contributed by atoms with Crippen molar-refractivity contribution < 1.29 is 8.83 Å². The van der Waals surface area contributed by atoms with Gasteiger partial charge in [-0.05, 0) is 173 Å². The van der Waals surface area contributed by atoms with E-state index < -0.39 is 0 Å². The lowest BCUT2D eigenvalue weighted by atomic mass is 9.89. The second kappa shape index (κ2) is 33.6. The molecule has 8 aromatic heterocycles. The number of benzene rings is 13. The Balaban J connectivity index is 0.000000108. The van der Waals surface area contributed by atoms with E-state index >= 15 is 0 Å². The van der Waals surface area contributed by atoms with Gasteiger partial charge in [-0.15, -0.1) is 11.3 Å². The molecule has 1 saturated carbocycles. The van der Waals surface area contributed by atoms with Crippen molar-refractivity contribution in [2.45, 2.75) is 51.4 Å².